The van der Waals surface area contributed by atoms with Gasteiger partial charge in [0.15, 0.2) is 0 Å². The molecule has 0 saturated heterocycles. The largest absolute Gasteiger partial charge is 0.347 e. The van der Waals surface area contributed by atoms with E-state index in [1.807, 2.05) is 31.4 Å². The highest BCUT2D eigenvalue weighted by Crippen LogP contribution is 2.19. The van der Waals surface area contributed by atoms with Crippen molar-refractivity contribution in [3.8, 4) is 0 Å². The van der Waals surface area contributed by atoms with Crippen LogP contribution in [0.4, 0.5) is 4.79 Å². The molecule has 0 aromatic carbocycles. The Bertz CT molecular complexity index is 443. The first-order valence-electron chi connectivity index (χ1n) is 6.77. The minimum atomic E-state index is -0.955. The Balaban J connectivity index is 2.53. The molecule has 1 atom stereocenters. The van der Waals surface area contributed by atoms with Gasteiger partial charge in [0, 0.05) is 11.4 Å². The van der Waals surface area contributed by atoms with E-state index in [1.54, 1.807) is 25.2 Å². The maximum absolute atomic E-state index is 12.2. The molecule has 3 amide bonds. The number of carbonyl (C=O) groups is 2. The van der Waals surface area contributed by atoms with Crippen LogP contribution in [0.5, 0.6) is 0 Å². The third-order valence-corrected chi connectivity index (χ3v) is 3.90. The van der Waals surface area contributed by atoms with Crippen LogP contribution in [0.15, 0.2) is 17.5 Å². The van der Waals surface area contributed by atoms with E-state index >= 15 is 0 Å². The number of rotatable bonds is 6. The van der Waals surface area contributed by atoms with E-state index in [0.29, 0.717) is 6.54 Å². The highest BCUT2D eigenvalue weighted by Gasteiger charge is 2.30. The van der Waals surface area contributed by atoms with Crippen LogP contribution in [0.3, 0.4) is 0 Å². The topological polar surface area (TPSA) is 70.2 Å². The van der Waals surface area contributed by atoms with Gasteiger partial charge in [0.05, 0.1) is 6.04 Å². The quantitative estimate of drug-likeness (QED) is 0.754. The fourth-order valence-corrected chi connectivity index (χ4v) is 2.34. The molecule has 0 radical (unpaired) electrons. The molecule has 0 spiro atoms. The van der Waals surface area contributed by atoms with E-state index in [4.69, 9.17) is 0 Å². The van der Waals surface area contributed by atoms with Crippen LogP contribution in [0.1, 0.15) is 45.0 Å². The summed E-state index contributed by atoms with van der Waals surface area (Å²) in [7, 11) is 0. The average molecular weight is 297 g/mol. The predicted molar refractivity (Wildman–Crippen MR) is 81.8 cm³/mol. The number of hydrogen-bond donors (Lipinski definition) is 3. The monoisotopic (exact) mass is 297 g/mol. The van der Waals surface area contributed by atoms with Gasteiger partial charge in [-0.25, -0.2) is 4.79 Å². The number of urea groups is 1. The number of hydrogen-bond acceptors (Lipinski definition) is 3. The van der Waals surface area contributed by atoms with Gasteiger partial charge < -0.3 is 16.0 Å². The maximum atomic E-state index is 12.2. The fraction of sp³-hybridized carbons (Fsp3) is 0.571. The van der Waals surface area contributed by atoms with Crippen molar-refractivity contribution >= 4 is 23.3 Å². The Hall–Kier alpha value is -1.56. The van der Waals surface area contributed by atoms with E-state index in [2.05, 4.69) is 16.0 Å². The molecule has 0 fully saturated rings. The Morgan fingerprint density at radius 3 is 2.65 bits per heavy atom. The summed E-state index contributed by atoms with van der Waals surface area (Å²) in [5.41, 5.74) is -0.955. The molecular weight excluding hydrogens is 274 g/mol. The first-order valence-corrected chi connectivity index (χ1v) is 7.65. The van der Waals surface area contributed by atoms with Gasteiger partial charge in [-0.2, -0.15) is 0 Å². The fourth-order valence-electron chi connectivity index (χ4n) is 1.61. The standard InChI is InChI=1S/C14H23N3O2S/c1-5-8-15-13(19)17-14(3,4)12(18)16-10(2)11-7-6-9-20-11/h6-7,9-10H,5,8H2,1-4H3,(H,16,18)(H2,15,17,19)/t10-/m0/s1. The van der Waals surface area contributed by atoms with Gasteiger partial charge in [-0.05, 0) is 38.6 Å². The third-order valence-electron chi connectivity index (χ3n) is 2.85. The van der Waals surface area contributed by atoms with Crippen molar-refractivity contribution in [1.82, 2.24) is 16.0 Å². The highest BCUT2D eigenvalue weighted by molar-refractivity contribution is 7.10. The lowest BCUT2D eigenvalue weighted by atomic mass is 10.0. The van der Waals surface area contributed by atoms with Crippen LogP contribution in [0.25, 0.3) is 0 Å². The lowest BCUT2D eigenvalue weighted by molar-refractivity contribution is -0.126. The van der Waals surface area contributed by atoms with Crippen LogP contribution in [-0.2, 0) is 4.79 Å². The molecule has 0 saturated carbocycles. The van der Waals surface area contributed by atoms with Gasteiger partial charge in [0.2, 0.25) is 5.91 Å². The summed E-state index contributed by atoms with van der Waals surface area (Å²) < 4.78 is 0. The second kappa shape index (κ2) is 7.28. The van der Waals surface area contributed by atoms with E-state index in [1.165, 1.54) is 0 Å². The lowest BCUT2D eigenvalue weighted by Crippen LogP contribution is -2.57. The number of thiophene rings is 1. The lowest BCUT2D eigenvalue weighted by Gasteiger charge is -2.27. The Labute approximate surface area is 124 Å². The summed E-state index contributed by atoms with van der Waals surface area (Å²) >= 11 is 1.59. The van der Waals surface area contributed by atoms with Gasteiger partial charge >= 0.3 is 6.03 Å². The van der Waals surface area contributed by atoms with E-state index in [0.717, 1.165) is 11.3 Å². The highest BCUT2D eigenvalue weighted by atomic mass is 32.1. The zero-order valence-corrected chi connectivity index (χ0v) is 13.3. The van der Waals surface area contributed by atoms with Crippen molar-refractivity contribution in [2.45, 2.75) is 45.7 Å². The molecular formula is C14H23N3O2S. The van der Waals surface area contributed by atoms with Gasteiger partial charge in [-0.1, -0.05) is 13.0 Å². The van der Waals surface area contributed by atoms with Crippen LogP contribution >= 0.6 is 11.3 Å². The molecule has 1 aromatic heterocycles. The molecule has 0 unspecified atom stereocenters. The SMILES string of the molecule is CCCNC(=O)NC(C)(C)C(=O)N[C@@H](C)c1cccs1. The normalized spacial score (nSPS) is 12.6. The summed E-state index contributed by atoms with van der Waals surface area (Å²) in [6.45, 7) is 7.87. The number of nitrogens with one attached hydrogen (secondary N) is 3. The third kappa shape index (κ3) is 4.85. The number of amides is 3. The summed E-state index contributed by atoms with van der Waals surface area (Å²) in [6, 6.07) is 3.53. The second-order valence-electron chi connectivity index (χ2n) is 5.22. The van der Waals surface area contributed by atoms with Crippen LogP contribution in [0.2, 0.25) is 0 Å². The van der Waals surface area contributed by atoms with E-state index < -0.39 is 5.54 Å². The van der Waals surface area contributed by atoms with Gasteiger partial charge in [0.25, 0.3) is 0 Å². The zero-order valence-electron chi connectivity index (χ0n) is 12.4. The second-order valence-corrected chi connectivity index (χ2v) is 6.20. The van der Waals surface area contributed by atoms with Gasteiger partial charge in [0.1, 0.15) is 5.54 Å². The average Bonchev–Trinajstić information content (AvgIpc) is 2.89. The van der Waals surface area contributed by atoms with Crippen molar-refractivity contribution in [2.75, 3.05) is 6.54 Å². The van der Waals surface area contributed by atoms with Gasteiger partial charge in [-0.15, -0.1) is 11.3 Å². The van der Waals surface area contributed by atoms with Crippen molar-refractivity contribution in [2.24, 2.45) is 0 Å². The molecule has 0 aliphatic rings. The summed E-state index contributed by atoms with van der Waals surface area (Å²) in [6.07, 6.45) is 0.857. The minimum Gasteiger partial charge on any atom is -0.347 e. The molecule has 1 rings (SSSR count). The van der Waals surface area contributed by atoms with Crippen molar-refractivity contribution in [3.05, 3.63) is 22.4 Å². The molecule has 1 aromatic rings. The molecule has 3 N–H and O–H groups in total. The first-order chi connectivity index (χ1) is 9.36. The van der Waals surface area contributed by atoms with Crippen LogP contribution in [0, 0.1) is 0 Å². The summed E-state index contributed by atoms with van der Waals surface area (Å²) in [5, 5.41) is 10.3. The zero-order chi connectivity index (χ0) is 15.2. The van der Waals surface area contributed by atoms with E-state index in [-0.39, 0.29) is 18.0 Å². The minimum absolute atomic E-state index is 0.0673. The molecule has 0 aliphatic carbocycles. The maximum Gasteiger partial charge on any atom is 0.315 e. The number of carbonyl (C=O) groups excluding carboxylic acids is 2. The molecule has 20 heavy (non-hydrogen) atoms. The molecule has 6 heteroatoms. The molecule has 112 valence electrons. The first kappa shape index (κ1) is 16.5. The van der Waals surface area contributed by atoms with Crippen molar-refractivity contribution in [1.29, 1.82) is 0 Å². The Morgan fingerprint density at radius 1 is 1.40 bits per heavy atom. The van der Waals surface area contributed by atoms with Crippen molar-refractivity contribution in [3.63, 3.8) is 0 Å². The molecule has 5 nitrogen and oxygen atoms in total. The predicted octanol–water partition coefficient (Wildman–Crippen LogP) is 2.41. The van der Waals surface area contributed by atoms with Crippen LogP contribution in [-0.4, -0.2) is 24.0 Å². The summed E-state index contributed by atoms with van der Waals surface area (Å²) in [5.74, 6) is -0.204. The van der Waals surface area contributed by atoms with Gasteiger partial charge in [-0.3, -0.25) is 4.79 Å². The Kier molecular flexibility index (Phi) is 6.01. The smallest absolute Gasteiger partial charge is 0.315 e. The van der Waals surface area contributed by atoms with E-state index in [9.17, 15) is 9.59 Å². The van der Waals surface area contributed by atoms with Crippen molar-refractivity contribution < 1.29 is 9.59 Å². The molecule has 0 bridgehead atoms. The summed E-state index contributed by atoms with van der Waals surface area (Å²) in [4.78, 5) is 25.0. The molecule has 0 aliphatic heterocycles. The Morgan fingerprint density at radius 2 is 2.10 bits per heavy atom. The molecule has 1 heterocycles. The van der Waals surface area contributed by atoms with Crippen LogP contribution < -0.4 is 16.0 Å².